The highest BCUT2D eigenvalue weighted by atomic mass is 19.4. The molecule has 9 heteroatoms. The van der Waals surface area contributed by atoms with Crippen LogP contribution in [0.4, 0.5) is 18.9 Å². The quantitative estimate of drug-likeness (QED) is 0.760. The van der Waals surface area contributed by atoms with E-state index in [1.54, 1.807) is 13.1 Å². The van der Waals surface area contributed by atoms with Crippen LogP contribution in [0.5, 0.6) is 0 Å². The van der Waals surface area contributed by atoms with Gasteiger partial charge in [-0.2, -0.15) is 13.2 Å². The molecule has 0 spiro atoms. The van der Waals surface area contributed by atoms with Gasteiger partial charge in [0.1, 0.15) is 0 Å². The zero-order chi connectivity index (χ0) is 22.6. The highest BCUT2D eigenvalue weighted by molar-refractivity contribution is 5.94. The molecule has 1 fully saturated rings. The van der Waals surface area contributed by atoms with Gasteiger partial charge < -0.3 is 10.6 Å². The Hall–Kier alpha value is -2.91. The van der Waals surface area contributed by atoms with Crippen LogP contribution in [0.25, 0.3) is 0 Å². The van der Waals surface area contributed by atoms with Crippen molar-refractivity contribution >= 4 is 17.5 Å². The van der Waals surface area contributed by atoms with Crippen molar-refractivity contribution in [3.05, 3.63) is 65.2 Å². The minimum absolute atomic E-state index is 0.0222. The van der Waals surface area contributed by atoms with E-state index >= 15 is 0 Å². The molecule has 31 heavy (non-hydrogen) atoms. The average molecular weight is 434 g/mol. The molecule has 0 bridgehead atoms. The number of piperazine rings is 1. The highest BCUT2D eigenvalue weighted by Crippen LogP contribution is 2.34. The number of hydrogen-bond acceptors (Lipinski definition) is 4. The van der Waals surface area contributed by atoms with Crippen LogP contribution in [0.15, 0.2) is 48.5 Å². The van der Waals surface area contributed by atoms with Crippen molar-refractivity contribution in [3.63, 3.8) is 0 Å². The summed E-state index contributed by atoms with van der Waals surface area (Å²) in [6.45, 7) is 1.78. The fraction of sp³-hybridized carbons (Fsp3) is 0.364. The number of carbonyl (C=O) groups excluding carboxylic acids is 2. The average Bonchev–Trinajstić information content (AvgIpc) is 2.74. The Kier molecular flexibility index (Phi) is 6.97. The third-order valence-electron chi connectivity index (χ3n) is 5.37. The number of amides is 2. The molecule has 166 valence electrons. The Morgan fingerprint density at radius 1 is 1.10 bits per heavy atom. The van der Waals surface area contributed by atoms with Crippen LogP contribution in [0.3, 0.4) is 0 Å². The van der Waals surface area contributed by atoms with Crippen molar-refractivity contribution in [2.45, 2.75) is 12.2 Å². The summed E-state index contributed by atoms with van der Waals surface area (Å²) in [6, 6.07) is 12.2. The second-order valence-corrected chi connectivity index (χ2v) is 7.53. The minimum atomic E-state index is -4.54. The normalized spacial score (nSPS) is 17.9. The lowest BCUT2D eigenvalue weighted by Gasteiger charge is -2.39. The summed E-state index contributed by atoms with van der Waals surface area (Å²) in [5, 5.41) is 4.99. The van der Waals surface area contributed by atoms with Crippen molar-refractivity contribution in [3.8, 4) is 0 Å². The third-order valence-corrected chi connectivity index (χ3v) is 5.37. The second kappa shape index (κ2) is 9.49. The van der Waals surface area contributed by atoms with Crippen LogP contribution in [-0.4, -0.2) is 61.9 Å². The number of para-hydroxylation sites is 1. The second-order valence-electron chi connectivity index (χ2n) is 7.53. The monoisotopic (exact) mass is 434 g/mol. The number of halogens is 3. The molecule has 3 rings (SSSR count). The summed E-state index contributed by atoms with van der Waals surface area (Å²) in [6.07, 6.45) is -4.54. The molecule has 1 saturated heterocycles. The van der Waals surface area contributed by atoms with Crippen molar-refractivity contribution in [2.75, 3.05) is 45.6 Å². The first-order valence-electron chi connectivity index (χ1n) is 9.89. The number of benzene rings is 2. The third kappa shape index (κ3) is 5.62. The zero-order valence-electron chi connectivity index (χ0n) is 17.4. The van der Waals surface area contributed by atoms with E-state index in [4.69, 9.17) is 0 Å². The van der Waals surface area contributed by atoms with Crippen LogP contribution >= 0.6 is 0 Å². The molecule has 0 saturated carbocycles. The maximum absolute atomic E-state index is 13.2. The number of nitrogens with zero attached hydrogens (tertiary/aromatic N) is 2. The Bertz CT molecular complexity index is 948. The van der Waals surface area contributed by atoms with E-state index in [-0.39, 0.29) is 24.2 Å². The predicted molar refractivity (Wildman–Crippen MR) is 112 cm³/mol. The molecule has 1 aliphatic heterocycles. The molecule has 0 aromatic heterocycles. The van der Waals surface area contributed by atoms with E-state index in [0.29, 0.717) is 25.2 Å². The summed E-state index contributed by atoms with van der Waals surface area (Å²) in [5.41, 5.74) is 0.373. The number of likely N-dealkylation sites (N-methyl/N-ethyl adjacent to an activating group) is 1. The first-order valence-corrected chi connectivity index (χ1v) is 9.89. The van der Waals surface area contributed by atoms with Crippen molar-refractivity contribution < 1.29 is 22.8 Å². The maximum atomic E-state index is 13.2. The van der Waals surface area contributed by atoms with Gasteiger partial charge in [-0.25, -0.2) is 0 Å². The topological polar surface area (TPSA) is 64.7 Å². The van der Waals surface area contributed by atoms with Crippen LogP contribution in [-0.2, 0) is 11.0 Å². The number of rotatable bonds is 5. The Balaban J connectivity index is 1.69. The van der Waals surface area contributed by atoms with Gasteiger partial charge in [0.25, 0.3) is 5.91 Å². The minimum Gasteiger partial charge on any atom is -0.355 e. The molecule has 1 heterocycles. The van der Waals surface area contributed by atoms with Crippen molar-refractivity contribution in [1.29, 1.82) is 0 Å². The van der Waals surface area contributed by atoms with Gasteiger partial charge in [0.2, 0.25) is 5.91 Å². The van der Waals surface area contributed by atoms with Crippen LogP contribution in [0.2, 0.25) is 0 Å². The van der Waals surface area contributed by atoms with Crippen molar-refractivity contribution in [2.24, 2.45) is 0 Å². The van der Waals surface area contributed by atoms with Gasteiger partial charge in [0.15, 0.2) is 0 Å². The van der Waals surface area contributed by atoms with E-state index in [2.05, 4.69) is 15.5 Å². The van der Waals surface area contributed by atoms with Gasteiger partial charge in [-0.3, -0.25) is 19.4 Å². The number of nitrogens with one attached hydrogen (secondary N) is 2. The van der Waals surface area contributed by atoms with E-state index in [0.717, 1.165) is 11.6 Å². The van der Waals surface area contributed by atoms with Gasteiger partial charge in [-0.1, -0.05) is 24.3 Å². The predicted octanol–water partition coefficient (Wildman–Crippen LogP) is 2.99. The molecular formula is C22H25F3N4O2. The fourth-order valence-corrected chi connectivity index (χ4v) is 3.70. The molecular weight excluding hydrogens is 409 g/mol. The standard InChI is InChI=1S/C22H25F3N4O2/c1-26-21(31)16-7-5-6-15(12-16)19-13-29(11-10-28(19)2)14-20(30)27-18-9-4-3-8-17(18)22(23,24)25/h3-9,12,19H,10-11,13-14H2,1-2H3,(H,26,31)(H,27,30)/t19-/m1/s1. The SMILES string of the molecule is CNC(=O)c1cccc([C@H]2CN(CC(=O)Nc3ccccc3C(F)(F)F)CCN2C)c1. The first-order chi connectivity index (χ1) is 14.7. The van der Waals surface area contributed by atoms with Gasteiger partial charge in [-0.15, -0.1) is 0 Å². The highest BCUT2D eigenvalue weighted by Gasteiger charge is 2.34. The van der Waals surface area contributed by atoms with Gasteiger partial charge in [-0.05, 0) is 36.9 Å². The molecule has 6 nitrogen and oxygen atoms in total. The lowest BCUT2D eigenvalue weighted by molar-refractivity contribution is -0.137. The van der Waals surface area contributed by atoms with Gasteiger partial charge in [0.05, 0.1) is 17.8 Å². The number of anilines is 1. The molecule has 2 N–H and O–H groups in total. The smallest absolute Gasteiger partial charge is 0.355 e. The molecule has 0 aliphatic carbocycles. The molecule has 1 atom stereocenters. The summed E-state index contributed by atoms with van der Waals surface area (Å²) < 4.78 is 39.5. The summed E-state index contributed by atoms with van der Waals surface area (Å²) in [4.78, 5) is 28.5. The van der Waals surface area contributed by atoms with Gasteiger partial charge in [0, 0.05) is 38.3 Å². The summed E-state index contributed by atoms with van der Waals surface area (Å²) in [7, 11) is 3.53. The number of hydrogen-bond donors (Lipinski definition) is 2. The molecule has 2 aromatic carbocycles. The number of alkyl halides is 3. The Labute approximate surface area is 179 Å². The van der Waals surface area contributed by atoms with E-state index in [1.165, 1.54) is 18.2 Å². The molecule has 1 aliphatic rings. The van der Waals surface area contributed by atoms with Crippen LogP contribution < -0.4 is 10.6 Å². The number of carbonyl (C=O) groups is 2. The maximum Gasteiger partial charge on any atom is 0.418 e. The van der Waals surface area contributed by atoms with E-state index in [1.807, 2.05) is 30.1 Å². The molecule has 2 aromatic rings. The van der Waals surface area contributed by atoms with E-state index < -0.39 is 17.6 Å². The summed E-state index contributed by atoms with van der Waals surface area (Å²) >= 11 is 0. The molecule has 0 radical (unpaired) electrons. The van der Waals surface area contributed by atoms with Crippen molar-refractivity contribution in [1.82, 2.24) is 15.1 Å². The van der Waals surface area contributed by atoms with Gasteiger partial charge >= 0.3 is 6.18 Å². The molecule has 0 unspecified atom stereocenters. The van der Waals surface area contributed by atoms with Crippen LogP contribution in [0.1, 0.15) is 27.5 Å². The molecule has 2 amide bonds. The van der Waals surface area contributed by atoms with E-state index in [9.17, 15) is 22.8 Å². The van der Waals surface area contributed by atoms with Crippen LogP contribution in [0, 0.1) is 0 Å². The summed E-state index contributed by atoms with van der Waals surface area (Å²) in [5.74, 6) is -0.681. The zero-order valence-corrected chi connectivity index (χ0v) is 17.4. The Morgan fingerprint density at radius 3 is 2.55 bits per heavy atom. The Morgan fingerprint density at radius 2 is 1.84 bits per heavy atom. The first kappa shape index (κ1) is 22.8. The largest absolute Gasteiger partial charge is 0.418 e. The lowest BCUT2D eigenvalue weighted by Crippen LogP contribution is -2.49. The lowest BCUT2D eigenvalue weighted by atomic mass is 10.00. The fourth-order valence-electron chi connectivity index (χ4n) is 3.70.